The predicted octanol–water partition coefficient (Wildman–Crippen LogP) is 3.05. The number of anilines is 1. The summed E-state index contributed by atoms with van der Waals surface area (Å²) >= 11 is 0. The van der Waals surface area contributed by atoms with Gasteiger partial charge in [0.1, 0.15) is 17.9 Å². The lowest BCUT2D eigenvalue weighted by Crippen LogP contribution is -2.29. The molecule has 1 amide bonds. The maximum absolute atomic E-state index is 12.2. The molecule has 0 radical (unpaired) electrons. The number of hydrogen-bond acceptors (Lipinski definition) is 3. The molecule has 0 saturated heterocycles. The van der Waals surface area contributed by atoms with Crippen LogP contribution in [0, 0.1) is 0 Å². The zero-order valence-corrected chi connectivity index (χ0v) is 13.7. The van der Waals surface area contributed by atoms with E-state index in [0.717, 1.165) is 36.1 Å². The van der Waals surface area contributed by atoms with Crippen LogP contribution < -0.4 is 11.1 Å². The fraction of sp³-hybridized carbons (Fsp3) is 0.529. The van der Waals surface area contributed by atoms with Crippen LogP contribution in [0.4, 0.5) is 5.69 Å². The second kappa shape index (κ2) is 7.29. The Morgan fingerprint density at radius 2 is 2.05 bits per heavy atom. The molecule has 2 aromatic rings. The van der Waals surface area contributed by atoms with Gasteiger partial charge in [0.2, 0.25) is 5.91 Å². The fourth-order valence-electron chi connectivity index (χ4n) is 2.78. The number of carbonyl (C=O) groups is 1. The van der Waals surface area contributed by atoms with Gasteiger partial charge in [-0.3, -0.25) is 4.79 Å². The van der Waals surface area contributed by atoms with E-state index in [4.69, 9.17) is 10.7 Å². The van der Waals surface area contributed by atoms with Crippen molar-refractivity contribution in [2.45, 2.75) is 52.5 Å². The van der Waals surface area contributed by atoms with Crippen LogP contribution in [0.15, 0.2) is 18.2 Å². The van der Waals surface area contributed by atoms with Crippen molar-refractivity contribution in [1.82, 2.24) is 14.9 Å². The first-order chi connectivity index (χ1) is 10.6. The normalized spacial score (nSPS) is 11.3. The van der Waals surface area contributed by atoms with E-state index >= 15 is 0 Å². The Bertz CT molecular complexity index is 643. The number of nitrogens with two attached hydrogens (primary N) is 1. The van der Waals surface area contributed by atoms with Gasteiger partial charge in [0.05, 0.1) is 11.2 Å². The monoisotopic (exact) mass is 302 g/mol. The number of rotatable bonds is 7. The number of amides is 1. The Balaban J connectivity index is 2.46. The maximum atomic E-state index is 12.2. The Labute approximate surface area is 131 Å². The first-order valence-corrected chi connectivity index (χ1v) is 8.13. The average molecular weight is 302 g/mol. The van der Waals surface area contributed by atoms with E-state index in [1.165, 1.54) is 0 Å². The van der Waals surface area contributed by atoms with E-state index in [-0.39, 0.29) is 5.91 Å². The molecule has 0 bridgehead atoms. The van der Waals surface area contributed by atoms with Gasteiger partial charge < -0.3 is 15.6 Å². The molecule has 0 unspecified atom stereocenters. The summed E-state index contributed by atoms with van der Waals surface area (Å²) in [5, 5.41) is 2.93. The third-order valence-electron chi connectivity index (χ3n) is 4.06. The molecular formula is C17H26N4O. The van der Waals surface area contributed by atoms with Crippen molar-refractivity contribution in [2.75, 3.05) is 12.3 Å². The molecule has 22 heavy (non-hydrogen) atoms. The number of imidazole rings is 1. The highest BCUT2D eigenvalue weighted by atomic mass is 16.1. The predicted molar refractivity (Wildman–Crippen MR) is 90.8 cm³/mol. The quantitative estimate of drug-likeness (QED) is 0.772. The van der Waals surface area contributed by atoms with E-state index < -0.39 is 0 Å². The third kappa shape index (κ3) is 3.24. The number of fused-ring (bicyclic) bond motifs is 1. The second-order valence-corrected chi connectivity index (χ2v) is 5.63. The van der Waals surface area contributed by atoms with Crippen LogP contribution in [-0.2, 0) is 11.3 Å². The Morgan fingerprint density at radius 1 is 1.32 bits per heavy atom. The molecule has 3 N–H and O–H groups in total. The molecule has 0 aliphatic carbocycles. The average Bonchev–Trinajstić information content (AvgIpc) is 2.87. The number of carbonyl (C=O) groups excluding carboxylic acids is 1. The highest BCUT2D eigenvalue weighted by molar-refractivity contribution is 5.89. The van der Waals surface area contributed by atoms with Gasteiger partial charge in [-0.05, 0) is 31.4 Å². The summed E-state index contributed by atoms with van der Waals surface area (Å²) in [6.07, 6.45) is 2.93. The van der Waals surface area contributed by atoms with Gasteiger partial charge in [-0.15, -0.1) is 0 Å². The molecule has 1 heterocycles. The Hall–Kier alpha value is -2.04. The smallest absolute Gasteiger partial charge is 0.240 e. The zero-order chi connectivity index (χ0) is 16.1. The molecule has 5 nitrogen and oxygen atoms in total. The molecule has 2 rings (SSSR count). The standard InChI is InChI=1S/C17H26N4O/c1-4-10-19-15(22)11-21-14-9-7-8-13(18)16(14)20-17(21)12(5-2)6-3/h7-9,12H,4-6,10-11,18H2,1-3H3,(H,19,22). The van der Waals surface area contributed by atoms with Gasteiger partial charge in [0.25, 0.3) is 0 Å². The number of aromatic nitrogens is 2. The van der Waals surface area contributed by atoms with Crippen LogP contribution >= 0.6 is 0 Å². The highest BCUT2D eigenvalue weighted by Gasteiger charge is 2.20. The summed E-state index contributed by atoms with van der Waals surface area (Å²) in [5.74, 6) is 1.33. The summed E-state index contributed by atoms with van der Waals surface area (Å²) in [7, 11) is 0. The maximum Gasteiger partial charge on any atom is 0.240 e. The van der Waals surface area contributed by atoms with Crippen molar-refractivity contribution in [1.29, 1.82) is 0 Å². The van der Waals surface area contributed by atoms with E-state index in [9.17, 15) is 4.79 Å². The van der Waals surface area contributed by atoms with Gasteiger partial charge >= 0.3 is 0 Å². The molecule has 1 aromatic carbocycles. The van der Waals surface area contributed by atoms with E-state index in [2.05, 4.69) is 19.2 Å². The minimum Gasteiger partial charge on any atom is -0.397 e. The van der Waals surface area contributed by atoms with Crippen molar-refractivity contribution in [3.63, 3.8) is 0 Å². The number of nitrogen functional groups attached to an aromatic ring is 1. The van der Waals surface area contributed by atoms with Gasteiger partial charge in [0.15, 0.2) is 0 Å². The number of nitrogens with one attached hydrogen (secondary N) is 1. The van der Waals surface area contributed by atoms with Gasteiger partial charge in [0, 0.05) is 12.5 Å². The minimum atomic E-state index is 0.0239. The molecule has 120 valence electrons. The number of benzene rings is 1. The van der Waals surface area contributed by atoms with E-state index in [1.54, 1.807) is 0 Å². The van der Waals surface area contributed by atoms with Crippen LogP contribution in [0.1, 0.15) is 51.8 Å². The van der Waals surface area contributed by atoms with Crippen LogP contribution in [0.5, 0.6) is 0 Å². The van der Waals surface area contributed by atoms with Crippen LogP contribution in [0.3, 0.4) is 0 Å². The lowest BCUT2D eigenvalue weighted by molar-refractivity contribution is -0.121. The lowest BCUT2D eigenvalue weighted by Gasteiger charge is -2.15. The Morgan fingerprint density at radius 3 is 2.68 bits per heavy atom. The molecule has 0 fully saturated rings. The molecule has 0 atom stereocenters. The summed E-state index contributed by atoms with van der Waals surface area (Å²) < 4.78 is 2.02. The molecule has 0 saturated carbocycles. The van der Waals surface area contributed by atoms with Crippen molar-refractivity contribution in [3.05, 3.63) is 24.0 Å². The highest BCUT2D eigenvalue weighted by Crippen LogP contribution is 2.29. The van der Waals surface area contributed by atoms with Crippen molar-refractivity contribution >= 4 is 22.6 Å². The molecule has 1 aromatic heterocycles. The van der Waals surface area contributed by atoms with Crippen LogP contribution in [0.25, 0.3) is 11.0 Å². The SMILES string of the molecule is CCCNC(=O)Cn1c(C(CC)CC)nc2c(N)cccc21. The fourth-order valence-corrected chi connectivity index (χ4v) is 2.78. The molecule has 5 heteroatoms. The van der Waals surface area contributed by atoms with Crippen molar-refractivity contribution in [3.8, 4) is 0 Å². The topological polar surface area (TPSA) is 72.9 Å². The molecule has 0 spiro atoms. The largest absolute Gasteiger partial charge is 0.397 e. The zero-order valence-electron chi connectivity index (χ0n) is 13.7. The van der Waals surface area contributed by atoms with Crippen molar-refractivity contribution in [2.24, 2.45) is 0 Å². The third-order valence-corrected chi connectivity index (χ3v) is 4.06. The summed E-state index contributed by atoms with van der Waals surface area (Å²) in [5.41, 5.74) is 8.46. The lowest BCUT2D eigenvalue weighted by atomic mass is 10.0. The number of nitrogens with zero attached hydrogens (tertiary/aromatic N) is 2. The summed E-state index contributed by atoms with van der Waals surface area (Å²) in [6.45, 7) is 7.35. The summed E-state index contributed by atoms with van der Waals surface area (Å²) in [4.78, 5) is 16.9. The number of para-hydroxylation sites is 1. The number of hydrogen-bond donors (Lipinski definition) is 2. The first-order valence-electron chi connectivity index (χ1n) is 8.13. The van der Waals surface area contributed by atoms with Crippen LogP contribution in [0.2, 0.25) is 0 Å². The van der Waals surface area contributed by atoms with Gasteiger partial charge in [-0.1, -0.05) is 26.8 Å². The Kier molecular flexibility index (Phi) is 5.41. The summed E-state index contributed by atoms with van der Waals surface area (Å²) in [6, 6.07) is 5.75. The first kappa shape index (κ1) is 16.3. The molecular weight excluding hydrogens is 276 g/mol. The van der Waals surface area contributed by atoms with Gasteiger partial charge in [-0.2, -0.15) is 0 Å². The second-order valence-electron chi connectivity index (χ2n) is 5.63. The van der Waals surface area contributed by atoms with E-state index in [0.29, 0.717) is 24.7 Å². The van der Waals surface area contributed by atoms with E-state index in [1.807, 2.05) is 29.7 Å². The van der Waals surface area contributed by atoms with Crippen LogP contribution in [-0.4, -0.2) is 22.0 Å². The minimum absolute atomic E-state index is 0.0239. The molecule has 0 aliphatic heterocycles. The van der Waals surface area contributed by atoms with Crippen molar-refractivity contribution < 1.29 is 4.79 Å². The molecule has 0 aliphatic rings. The van der Waals surface area contributed by atoms with Gasteiger partial charge in [-0.25, -0.2) is 4.98 Å².